The number of nitrogens with two attached hydrogens (primary N) is 1. The molecule has 4 rings (SSSR count). The Morgan fingerprint density at radius 2 is 2.17 bits per heavy atom. The van der Waals surface area contributed by atoms with Gasteiger partial charge >= 0.3 is 0 Å². The molecule has 2 fully saturated rings. The molecule has 2 heterocycles. The van der Waals surface area contributed by atoms with E-state index in [1.165, 1.54) is 12.8 Å². The standard InChI is InChI=1S/C15H22N6O2/c16-14-19-12(17-6-9-3-4-9)11-13(20-14)21(8-18-11)15(23)5-1-2-10(15)7-22/h8-10,22-23H,1-7H2,(H3,16,17,19,20). The molecule has 0 saturated heterocycles. The second-order valence-electron chi connectivity index (χ2n) is 6.69. The largest absolute Gasteiger partial charge is 0.396 e. The van der Waals surface area contributed by atoms with Crippen LogP contribution in [0.1, 0.15) is 32.1 Å². The highest BCUT2D eigenvalue weighted by atomic mass is 16.3. The molecule has 0 aromatic carbocycles. The molecule has 8 heteroatoms. The van der Waals surface area contributed by atoms with Crippen molar-refractivity contribution in [2.24, 2.45) is 11.8 Å². The van der Waals surface area contributed by atoms with Crippen molar-refractivity contribution < 1.29 is 10.2 Å². The molecule has 0 aliphatic heterocycles. The molecule has 2 aromatic heterocycles. The molecule has 8 nitrogen and oxygen atoms in total. The fourth-order valence-corrected chi connectivity index (χ4v) is 3.49. The minimum absolute atomic E-state index is 0.0659. The zero-order chi connectivity index (χ0) is 16.0. The van der Waals surface area contributed by atoms with Gasteiger partial charge in [-0.2, -0.15) is 9.97 Å². The molecule has 0 radical (unpaired) electrons. The van der Waals surface area contributed by atoms with Crippen LogP contribution in [-0.2, 0) is 5.72 Å². The van der Waals surface area contributed by atoms with Gasteiger partial charge in [0.1, 0.15) is 5.72 Å². The Bertz CT molecular complexity index is 728. The zero-order valence-corrected chi connectivity index (χ0v) is 12.9. The SMILES string of the molecule is Nc1nc(NCC2CC2)c2ncn(C3(O)CCCC3CO)c2n1. The Morgan fingerprint density at radius 1 is 1.35 bits per heavy atom. The van der Waals surface area contributed by atoms with E-state index in [4.69, 9.17) is 5.73 Å². The van der Waals surface area contributed by atoms with Crippen molar-refractivity contribution in [3.63, 3.8) is 0 Å². The number of anilines is 2. The van der Waals surface area contributed by atoms with Crippen molar-refractivity contribution in [1.82, 2.24) is 19.5 Å². The third kappa shape index (κ3) is 2.42. The lowest BCUT2D eigenvalue weighted by Gasteiger charge is -2.30. The number of aromatic nitrogens is 4. The van der Waals surface area contributed by atoms with Gasteiger partial charge in [0.2, 0.25) is 5.95 Å². The monoisotopic (exact) mass is 318 g/mol. The van der Waals surface area contributed by atoms with Crippen LogP contribution in [0.15, 0.2) is 6.33 Å². The molecule has 2 aliphatic carbocycles. The Morgan fingerprint density at radius 3 is 2.91 bits per heavy atom. The van der Waals surface area contributed by atoms with E-state index in [0.29, 0.717) is 29.3 Å². The lowest BCUT2D eigenvalue weighted by molar-refractivity contribution is -0.0844. The van der Waals surface area contributed by atoms with Crippen LogP contribution in [0.5, 0.6) is 0 Å². The number of aliphatic hydroxyl groups is 2. The molecule has 23 heavy (non-hydrogen) atoms. The highest BCUT2D eigenvalue weighted by Crippen LogP contribution is 2.41. The van der Waals surface area contributed by atoms with Gasteiger partial charge in [-0.1, -0.05) is 0 Å². The Balaban J connectivity index is 1.76. The summed E-state index contributed by atoms with van der Waals surface area (Å²) >= 11 is 0. The van der Waals surface area contributed by atoms with Gasteiger partial charge in [0.25, 0.3) is 0 Å². The first-order chi connectivity index (χ1) is 11.1. The van der Waals surface area contributed by atoms with Crippen LogP contribution >= 0.6 is 0 Å². The number of nitrogens with zero attached hydrogens (tertiary/aromatic N) is 4. The summed E-state index contributed by atoms with van der Waals surface area (Å²) in [6, 6.07) is 0. The highest BCUT2D eigenvalue weighted by Gasteiger charge is 2.43. The molecule has 2 saturated carbocycles. The van der Waals surface area contributed by atoms with Crippen LogP contribution in [0, 0.1) is 11.8 Å². The van der Waals surface area contributed by atoms with E-state index in [9.17, 15) is 10.2 Å². The average molecular weight is 318 g/mol. The maximum absolute atomic E-state index is 11.1. The van der Waals surface area contributed by atoms with E-state index in [0.717, 1.165) is 19.4 Å². The molecule has 5 N–H and O–H groups in total. The summed E-state index contributed by atoms with van der Waals surface area (Å²) in [5, 5.41) is 23.9. The van der Waals surface area contributed by atoms with Crippen LogP contribution in [0.3, 0.4) is 0 Å². The molecule has 2 aliphatic rings. The number of nitrogens with one attached hydrogen (secondary N) is 1. The van der Waals surface area contributed by atoms with Gasteiger partial charge in [-0.05, 0) is 38.0 Å². The van der Waals surface area contributed by atoms with E-state index in [1.54, 1.807) is 10.9 Å². The maximum Gasteiger partial charge on any atom is 0.224 e. The van der Waals surface area contributed by atoms with Crippen molar-refractivity contribution in [1.29, 1.82) is 0 Å². The Kier molecular flexibility index (Phi) is 3.38. The van der Waals surface area contributed by atoms with Crippen molar-refractivity contribution in [2.45, 2.75) is 37.8 Å². The fourth-order valence-electron chi connectivity index (χ4n) is 3.49. The van der Waals surface area contributed by atoms with E-state index < -0.39 is 5.72 Å². The average Bonchev–Trinajstić information content (AvgIpc) is 3.13. The van der Waals surface area contributed by atoms with E-state index in [2.05, 4.69) is 20.3 Å². The van der Waals surface area contributed by atoms with Crippen LogP contribution in [-0.4, -0.2) is 42.9 Å². The summed E-state index contributed by atoms with van der Waals surface area (Å²) in [5.41, 5.74) is 5.80. The van der Waals surface area contributed by atoms with Crippen LogP contribution in [0.2, 0.25) is 0 Å². The molecular weight excluding hydrogens is 296 g/mol. The predicted octanol–water partition coefficient (Wildman–Crippen LogP) is 0.668. The highest BCUT2D eigenvalue weighted by molar-refractivity contribution is 5.84. The van der Waals surface area contributed by atoms with Crippen LogP contribution in [0.25, 0.3) is 11.2 Å². The lowest BCUT2D eigenvalue weighted by atomic mass is 10.0. The quantitative estimate of drug-likeness (QED) is 0.639. The number of hydrogen-bond donors (Lipinski definition) is 4. The Labute approximate surface area is 133 Å². The van der Waals surface area contributed by atoms with Gasteiger partial charge in [-0.25, -0.2) is 4.98 Å². The molecule has 0 spiro atoms. The van der Waals surface area contributed by atoms with E-state index in [1.807, 2.05) is 0 Å². The van der Waals surface area contributed by atoms with Crippen LogP contribution < -0.4 is 11.1 Å². The number of nitrogen functional groups attached to an aromatic ring is 1. The summed E-state index contributed by atoms with van der Waals surface area (Å²) < 4.78 is 1.65. The summed E-state index contributed by atoms with van der Waals surface area (Å²) in [4.78, 5) is 12.9. The first kappa shape index (κ1) is 14.6. The summed E-state index contributed by atoms with van der Waals surface area (Å²) in [6.07, 6.45) is 6.26. The number of fused-ring (bicyclic) bond motifs is 1. The molecule has 2 unspecified atom stereocenters. The van der Waals surface area contributed by atoms with Crippen molar-refractivity contribution in [3.8, 4) is 0 Å². The molecule has 2 atom stereocenters. The third-order valence-electron chi connectivity index (χ3n) is 5.06. The normalized spacial score (nSPS) is 27.7. The van der Waals surface area contributed by atoms with E-state index >= 15 is 0 Å². The molecular formula is C15H22N6O2. The van der Waals surface area contributed by atoms with Gasteiger partial charge < -0.3 is 21.3 Å². The summed E-state index contributed by atoms with van der Waals surface area (Å²) in [5.74, 6) is 1.24. The van der Waals surface area contributed by atoms with Gasteiger partial charge in [-0.3, -0.25) is 4.57 Å². The molecule has 2 aromatic rings. The number of imidazole rings is 1. The minimum atomic E-state index is -1.17. The minimum Gasteiger partial charge on any atom is -0.396 e. The van der Waals surface area contributed by atoms with Gasteiger partial charge in [0, 0.05) is 12.5 Å². The first-order valence-corrected chi connectivity index (χ1v) is 8.20. The van der Waals surface area contributed by atoms with Gasteiger partial charge in [0.05, 0.1) is 12.9 Å². The zero-order valence-electron chi connectivity index (χ0n) is 12.9. The molecule has 0 amide bonds. The molecule has 0 bridgehead atoms. The number of aliphatic hydroxyl groups excluding tert-OH is 1. The maximum atomic E-state index is 11.1. The third-order valence-corrected chi connectivity index (χ3v) is 5.06. The molecule has 124 valence electrons. The first-order valence-electron chi connectivity index (χ1n) is 8.20. The van der Waals surface area contributed by atoms with Gasteiger partial charge in [0.15, 0.2) is 17.0 Å². The van der Waals surface area contributed by atoms with Crippen molar-refractivity contribution in [2.75, 3.05) is 24.2 Å². The van der Waals surface area contributed by atoms with Crippen molar-refractivity contribution >= 4 is 22.9 Å². The predicted molar refractivity (Wildman–Crippen MR) is 85.6 cm³/mol. The fraction of sp³-hybridized carbons (Fsp3) is 0.667. The van der Waals surface area contributed by atoms with Crippen LogP contribution in [0.4, 0.5) is 11.8 Å². The Hall–Kier alpha value is -1.93. The lowest BCUT2D eigenvalue weighted by Crippen LogP contribution is -2.38. The van der Waals surface area contributed by atoms with E-state index in [-0.39, 0.29) is 18.5 Å². The number of hydrogen-bond acceptors (Lipinski definition) is 7. The number of rotatable bonds is 5. The summed E-state index contributed by atoms with van der Waals surface area (Å²) in [6.45, 7) is 0.783. The second-order valence-corrected chi connectivity index (χ2v) is 6.69. The smallest absolute Gasteiger partial charge is 0.224 e. The van der Waals surface area contributed by atoms with Gasteiger partial charge in [-0.15, -0.1) is 0 Å². The summed E-state index contributed by atoms with van der Waals surface area (Å²) in [7, 11) is 0. The van der Waals surface area contributed by atoms with Crippen molar-refractivity contribution in [3.05, 3.63) is 6.33 Å². The topological polar surface area (TPSA) is 122 Å². The second kappa shape index (κ2) is 5.31.